The van der Waals surface area contributed by atoms with E-state index in [1.807, 2.05) is 12.1 Å². The molecule has 0 unspecified atom stereocenters. The predicted molar refractivity (Wildman–Crippen MR) is 65.2 cm³/mol. The summed E-state index contributed by atoms with van der Waals surface area (Å²) in [7, 11) is 0. The maximum absolute atomic E-state index is 3.04. The van der Waals surface area contributed by atoms with Crippen LogP contribution >= 0.6 is 11.3 Å². The zero-order valence-corrected chi connectivity index (χ0v) is 8.92. The van der Waals surface area contributed by atoms with Crippen LogP contribution in [0.25, 0.3) is 22.3 Å². The Morgan fingerprint density at radius 1 is 0.800 bits per heavy atom. The van der Waals surface area contributed by atoms with Crippen molar-refractivity contribution in [3.8, 4) is 22.3 Å². The normalized spacial score (nSPS) is 10.7. The molecule has 0 saturated carbocycles. The molecule has 0 atom stereocenters. The van der Waals surface area contributed by atoms with Gasteiger partial charge < -0.3 is 0 Å². The van der Waals surface area contributed by atoms with Crippen molar-refractivity contribution in [1.82, 2.24) is 0 Å². The SMILES string of the molecule is [c]1ccc(-c2ccc3csccc2-3)cc1. The van der Waals surface area contributed by atoms with Crippen LogP contribution in [-0.2, 0) is 0 Å². The Bertz CT molecular complexity index is 536. The van der Waals surface area contributed by atoms with E-state index in [1.54, 1.807) is 11.3 Å². The lowest BCUT2D eigenvalue weighted by Crippen LogP contribution is -1.76. The molecule has 0 saturated heterocycles. The fourth-order valence-electron chi connectivity index (χ4n) is 1.84. The molecule has 0 aromatic heterocycles. The Hall–Kier alpha value is -1.60. The second-order valence-electron chi connectivity index (χ2n) is 3.46. The van der Waals surface area contributed by atoms with E-state index in [-0.39, 0.29) is 0 Å². The lowest BCUT2D eigenvalue weighted by atomic mass is 10.0. The van der Waals surface area contributed by atoms with Crippen molar-refractivity contribution in [2.24, 2.45) is 0 Å². The third kappa shape index (κ3) is 1.45. The molecule has 1 heterocycles. The first-order chi connectivity index (χ1) is 7.45. The fourth-order valence-corrected chi connectivity index (χ4v) is 2.48. The minimum atomic E-state index is 1.26. The molecule has 0 spiro atoms. The lowest BCUT2D eigenvalue weighted by Gasteiger charge is -2.02. The van der Waals surface area contributed by atoms with Crippen molar-refractivity contribution in [2.45, 2.75) is 0 Å². The van der Waals surface area contributed by atoms with Gasteiger partial charge in [0.1, 0.15) is 0 Å². The lowest BCUT2D eigenvalue weighted by molar-refractivity contribution is 1.66. The van der Waals surface area contributed by atoms with Crippen LogP contribution < -0.4 is 0 Å². The van der Waals surface area contributed by atoms with E-state index in [9.17, 15) is 0 Å². The number of hydrogen-bond donors (Lipinski definition) is 0. The van der Waals surface area contributed by atoms with Crippen LogP contribution in [0.3, 0.4) is 0 Å². The maximum Gasteiger partial charge on any atom is -0.00148 e. The molecule has 0 bridgehead atoms. The molecule has 2 aliphatic rings. The molecule has 15 heavy (non-hydrogen) atoms. The van der Waals surface area contributed by atoms with Gasteiger partial charge in [-0.15, -0.1) is 0 Å². The fraction of sp³-hybridized carbons (Fsp3) is 0. The summed E-state index contributed by atoms with van der Waals surface area (Å²) in [6, 6.07) is 17.7. The summed E-state index contributed by atoms with van der Waals surface area (Å²) in [5.41, 5.74) is 5.23. The molecule has 0 N–H and O–H groups in total. The van der Waals surface area contributed by atoms with E-state index in [0.29, 0.717) is 0 Å². The van der Waals surface area contributed by atoms with Crippen molar-refractivity contribution >= 4 is 11.3 Å². The highest BCUT2D eigenvalue weighted by molar-refractivity contribution is 7.07. The second-order valence-corrected chi connectivity index (χ2v) is 4.24. The summed E-state index contributed by atoms with van der Waals surface area (Å²) in [4.78, 5) is 0. The summed E-state index contributed by atoms with van der Waals surface area (Å²) in [6.07, 6.45) is 0. The highest BCUT2D eigenvalue weighted by atomic mass is 32.1. The van der Waals surface area contributed by atoms with Gasteiger partial charge in [-0.3, -0.25) is 0 Å². The highest BCUT2D eigenvalue weighted by Crippen LogP contribution is 2.35. The molecule has 1 heteroatoms. The van der Waals surface area contributed by atoms with Gasteiger partial charge in [0.15, 0.2) is 0 Å². The topological polar surface area (TPSA) is 0 Å². The van der Waals surface area contributed by atoms with Crippen molar-refractivity contribution < 1.29 is 0 Å². The smallest absolute Gasteiger partial charge is 0.00148 e. The minimum absolute atomic E-state index is 1.26. The molecule has 3 rings (SSSR count). The quantitative estimate of drug-likeness (QED) is 0.560. The molecule has 1 aliphatic carbocycles. The average Bonchev–Trinajstić information content (AvgIpc) is 2.74. The van der Waals surface area contributed by atoms with E-state index in [0.717, 1.165) is 0 Å². The second kappa shape index (κ2) is 3.52. The molecule has 1 aromatic carbocycles. The van der Waals surface area contributed by atoms with Gasteiger partial charge in [-0.1, -0.05) is 36.4 Å². The molecule has 71 valence electrons. The summed E-state index contributed by atoms with van der Waals surface area (Å²) >= 11 is 1.73. The third-order valence-electron chi connectivity index (χ3n) is 2.57. The van der Waals surface area contributed by atoms with Crippen LogP contribution in [0.4, 0.5) is 0 Å². The third-order valence-corrected chi connectivity index (χ3v) is 3.25. The van der Waals surface area contributed by atoms with Gasteiger partial charge in [0, 0.05) is 0 Å². The van der Waals surface area contributed by atoms with Gasteiger partial charge in [0.25, 0.3) is 0 Å². The zero-order chi connectivity index (χ0) is 10.1. The number of rotatable bonds is 1. The minimum Gasteiger partial charge on any atom is -0.152 e. The van der Waals surface area contributed by atoms with Gasteiger partial charge in [-0.2, -0.15) is 11.3 Å². The van der Waals surface area contributed by atoms with Crippen LogP contribution in [-0.4, -0.2) is 0 Å². The van der Waals surface area contributed by atoms with Crippen molar-refractivity contribution in [3.05, 3.63) is 59.3 Å². The monoisotopic (exact) mass is 209 g/mol. The van der Waals surface area contributed by atoms with Crippen LogP contribution in [0.2, 0.25) is 0 Å². The highest BCUT2D eigenvalue weighted by Gasteiger charge is 2.09. The molecule has 0 amide bonds. The van der Waals surface area contributed by atoms with Crippen LogP contribution in [0.15, 0.2) is 53.2 Å². The Kier molecular flexibility index (Phi) is 2.04. The molecule has 0 fully saturated rings. The van der Waals surface area contributed by atoms with Gasteiger partial charge in [-0.25, -0.2) is 0 Å². The van der Waals surface area contributed by atoms with Gasteiger partial charge >= 0.3 is 0 Å². The first kappa shape index (κ1) is 8.69. The van der Waals surface area contributed by atoms with Gasteiger partial charge in [-0.05, 0) is 45.1 Å². The summed E-state index contributed by atoms with van der Waals surface area (Å²) in [5, 5.41) is 4.31. The van der Waals surface area contributed by atoms with Gasteiger partial charge in [0.2, 0.25) is 0 Å². The Labute approximate surface area is 93.2 Å². The molecular weight excluding hydrogens is 200 g/mol. The van der Waals surface area contributed by atoms with Gasteiger partial charge in [0.05, 0.1) is 0 Å². The maximum atomic E-state index is 3.04. The number of fused-ring (bicyclic) bond motifs is 1. The molecular formula is C14H9S. The Morgan fingerprint density at radius 3 is 2.47 bits per heavy atom. The first-order valence-corrected chi connectivity index (χ1v) is 5.81. The summed E-state index contributed by atoms with van der Waals surface area (Å²) in [5.74, 6) is 0. The summed E-state index contributed by atoms with van der Waals surface area (Å²) in [6.45, 7) is 0. The average molecular weight is 209 g/mol. The van der Waals surface area contributed by atoms with Crippen LogP contribution in [0.1, 0.15) is 0 Å². The van der Waals surface area contributed by atoms with Crippen molar-refractivity contribution in [1.29, 1.82) is 0 Å². The number of hydrogen-bond acceptors (Lipinski definition) is 1. The Balaban J connectivity index is 2.22. The standard InChI is InChI=1S/C14H9S/c1-2-4-11(5-3-1)13-7-6-12-10-15-9-8-14(12)13/h2-10H. The predicted octanol–water partition coefficient (Wildman–Crippen LogP) is 4.32. The first-order valence-electron chi connectivity index (χ1n) is 4.86. The van der Waals surface area contributed by atoms with Crippen molar-refractivity contribution in [3.63, 3.8) is 0 Å². The molecule has 0 nitrogen and oxygen atoms in total. The summed E-state index contributed by atoms with van der Waals surface area (Å²) < 4.78 is 0. The molecule has 1 aliphatic heterocycles. The Morgan fingerprint density at radius 2 is 1.60 bits per heavy atom. The van der Waals surface area contributed by atoms with E-state index >= 15 is 0 Å². The zero-order valence-electron chi connectivity index (χ0n) is 8.10. The largest absolute Gasteiger partial charge is 0.152 e. The van der Waals surface area contributed by atoms with Crippen molar-refractivity contribution in [2.75, 3.05) is 0 Å². The number of benzene rings is 1. The molecule has 1 radical (unpaired) electrons. The van der Waals surface area contributed by atoms with Crippen LogP contribution in [0, 0.1) is 6.07 Å². The van der Waals surface area contributed by atoms with E-state index < -0.39 is 0 Å². The van der Waals surface area contributed by atoms with E-state index in [4.69, 9.17) is 0 Å². The van der Waals surface area contributed by atoms with E-state index in [1.165, 1.54) is 22.3 Å². The van der Waals surface area contributed by atoms with E-state index in [2.05, 4.69) is 47.2 Å². The van der Waals surface area contributed by atoms with Crippen LogP contribution in [0.5, 0.6) is 0 Å². The molecule has 1 aromatic rings.